The van der Waals surface area contributed by atoms with E-state index in [0.29, 0.717) is 0 Å². The van der Waals surface area contributed by atoms with Crippen LogP contribution in [0.5, 0.6) is 5.75 Å². The van der Waals surface area contributed by atoms with Crippen molar-refractivity contribution in [2.24, 2.45) is 10.7 Å². The predicted molar refractivity (Wildman–Crippen MR) is 122 cm³/mol. The smallest absolute Gasteiger partial charge is 0.376 e. The van der Waals surface area contributed by atoms with Gasteiger partial charge in [0.1, 0.15) is 17.6 Å². The zero-order valence-electron chi connectivity index (χ0n) is 18.7. The number of carbonyl (C=O) groups is 1. The summed E-state index contributed by atoms with van der Waals surface area (Å²) in [4.78, 5) is 22.7. The van der Waals surface area contributed by atoms with Gasteiger partial charge in [0.15, 0.2) is 11.5 Å². The Morgan fingerprint density at radius 3 is 2.30 bits per heavy atom. The molecule has 1 aliphatic rings. The third kappa shape index (κ3) is 4.33. The van der Waals surface area contributed by atoms with E-state index in [9.17, 15) is 30.8 Å². The molecule has 1 aliphatic heterocycles. The summed E-state index contributed by atoms with van der Waals surface area (Å²) in [5.74, 6) is -2.20. The van der Waals surface area contributed by atoms with Gasteiger partial charge in [-0.15, -0.1) is 0 Å². The molecule has 0 fully saturated rings. The number of likely N-dealkylation sites (N-methyl/N-ethyl adjacent to an activating group) is 1. The van der Waals surface area contributed by atoms with Crippen LogP contribution in [-0.2, 0) is 20.5 Å². The lowest BCUT2D eigenvalue weighted by atomic mass is 9.81. The predicted octanol–water partition coefficient (Wildman–Crippen LogP) is 3.02. The van der Waals surface area contributed by atoms with Gasteiger partial charge >= 0.3 is 15.6 Å². The van der Waals surface area contributed by atoms with Crippen LogP contribution in [-0.4, -0.2) is 42.7 Å². The number of aliphatic imine (C=N–C) groups is 1. The summed E-state index contributed by atoms with van der Waals surface area (Å²) in [7, 11) is -4.57. The summed E-state index contributed by atoms with van der Waals surface area (Å²) in [5, 5.41) is 9.15. The molecule has 190 valence electrons. The van der Waals surface area contributed by atoms with Gasteiger partial charge < -0.3 is 9.92 Å². The maximum absolute atomic E-state index is 14.8. The van der Waals surface area contributed by atoms with Crippen molar-refractivity contribution in [3.63, 3.8) is 0 Å². The normalized spacial score (nSPS) is 17.9. The van der Waals surface area contributed by atoms with Crippen LogP contribution in [0.4, 0.5) is 17.6 Å². The van der Waals surface area contributed by atoms with Crippen molar-refractivity contribution in [2.75, 3.05) is 7.05 Å². The van der Waals surface area contributed by atoms with Gasteiger partial charge in [0, 0.05) is 30.6 Å². The van der Waals surface area contributed by atoms with Crippen LogP contribution in [0.3, 0.4) is 0 Å². The number of guanidine groups is 1. The Morgan fingerprint density at radius 1 is 1.08 bits per heavy atom. The lowest BCUT2D eigenvalue weighted by Gasteiger charge is -2.27. The zero-order chi connectivity index (χ0) is 27.2. The molecule has 0 spiro atoms. The summed E-state index contributed by atoms with van der Waals surface area (Å²) in [6.45, 7) is 0. The molecule has 37 heavy (non-hydrogen) atoms. The quantitative estimate of drug-likeness (QED) is 0.302. The number of hydrogen-bond acceptors (Lipinski definition) is 8. The highest BCUT2D eigenvalue weighted by Gasteiger charge is 2.50. The number of amides is 1. The Hall–Kier alpha value is -4.51. The number of nitrogens with two attached hydrogens (primary N) is 1. The van der Waals surface area contributed by atoms with Crippen LogP contribution < -0.4 is 9.92 Å². The van der Waals surface area contributed by atoms with Crippen molar-refractivity contribution < 1.29 is 35.0 Å². The Morgan fingerprint density at radius 2 is 1.73 bits per heavy atom. The lowest BCUT2D eigenvalue weighted by Crippen LogP contribution is -2.41. The van der Waals surface area contributed by atoms with Crippen molar-refractivity contribution in [1.82, 2.24) is 9.88 Å². The van der Waals surface area contributed by atoms with E-state index in [-0.39, 0.29) is 33.8 Å². The Bertz CT molecular complexity index is 1580. The van der Waals surface area contributed by atoms with Gasteiger partial charge in [0.05, 0.1) is 5.56 Å². The average molecular weight is 533 g/mol. The van der Waals surface area contributed by atoms with E-state index in [1.807, 2.05) is 6.07 Å². The highest BCUT2D eigenvalue weighted by atomic mass is 32.2. The van der Waals surface area contributed by atoms with Gasteiger partial charge in [0.25, 0.3) is 5.91 Å². The van der Waals surface area contributed by atoms with Gasteiger partial charge in [-0.3, -0.25) is 14.7 Å². The molecule has 2 heterocycles. The molecule has 1 unspecified atom stereocenters. The molecule has 0 aliphatic carbocycles. The summed E-state index contributed by atoms with van der Waals surface area (Å²) in [6, 6.07) is 11.1. The fourth-order valence-corrected chi connectivity index (χ4v) is 4.19. The minimum Gasteiger partial charge on any atom is -0.376 e. The van der Waals surface area contributed by atoms with Gasteiger partial charge in [0.2, 0.25) is 0 Å². The lowest BCUT2D eigenvalue weighted by molar-refractivity contribution is -0.129. The number of nitriles is 1. The molecule has 2 N–H and O–H groups in total. The second kappa shape index (κ2) is 8.86. The third-order valence-corrected chi connectivity index (χ3v) is 6.54. The number of rotatable bonds is 5. The number of hydrogen-bond donors (Lipinski definition) is 1. The molecule has 9 nitrogen and oxygen atoms in total. The molecule has 1 aromatic heterocycles. The summed E-state index contributed by atoms with van der Waals surface area (Å²) < 4.78 is 79.6. The second-order valence-electron chi connectivity index (χ2n) is 7.82. The minimum atomic E-state index is -5.92. The van der Waals surface area contributed by atoms with Crippen molar-refractivity contribution in [3.8, 4) is 22.9 Å². The largest absolute Gasteiger partial charge is 0.534 e. The third-order valence-electron chi connectivity index (χ3n) is 5.56. The van der Waals surface area contributed by atoms with E-state index in [0.717, 1.165) is 35.2 Å². The Labute approximate surface area is 207 Å². The standard InChI is InChI=1S/C23H15F4N5O4S/c1-32-20(33)22(31-21(32)29,15-2-5-17(6-3-15)36-37(34,35)23(25,26)27)16-4-7-19(24)18(9-16)14-8-13(10-28)11-30-12-14/h2-9,11-12H,1H3,(H2,29,31). The molecule has 3 aromatic rings. The van der Waals surface area contributed by atoms with Gasteiger partial charge in [-0.25, -0.2) is 9.38 Å². The number of aromatic nitrogens is 1. The Kier molecular flexibility index (Phi) is 6.12. The maximum Gasteiger partial charge on any atom is 0.534 e. The number of carbonyl (C=O) groups excluding carboxylic acids is 1. The van der Waals surface area contributed by atoms with Gasteiger partial charge in [-0.1, -0.05) is 18.2 Å². The fraction of sp³-hybridized carbons (Fsp3) is 0.130. The number of benzene rings is 2. The summed E-state index contributed by atoms with van der Waals surface area (Å²) in [5.41, 5.74) is -0.996. The monoisotopic (exact) mass is 533 g/mol. The van der Waals surface area contributed by atoms with Crippen LogP contribution >= 0.6 is 0 Å². The molecule has 0 bridgehead atoms. The minimum absolute atomic E-state index is 0.00572. The van der Waals surface area contributed by atoms with Crippen LogP contribution in [0, 0.1) is 17.1 Å². The van der Waals surface area contributed by atoms with E-state index < -0.39 is 38.6 Å². The molecule has 14 heteroatoms. The topological polar surface area (TPSA) is 139 Å². The highest BCUT2D eigenvalue weighted by molar-refractivity contribution is 7.88. The number of pyridine rings is 1. The van der Waals surface area contributed by atoms with Gasteiger partial charge in [-0.05, 0) is 41.5 Å². The molecule has 4 rings (SSSR count). The van der Waals surface area contributed by atoms with E-state index in [4.69, 9.17) is 11.0 Å². The molecular formula is C23H15F4N5O4S. The first-order valence-corrected chi connectivity index (χ1v) is 11.6. The molecule has 1 amide bonds. The van der Waals surface area contributed by atoms with E-state index in [1.54, 1.807) is 0 Å². The second-order valence-corrected chi connectivity index (χ2v) is 9.36. The SMILES string of the molecule is CN1C(=O)C(c2ccc(OS(=O)(=O)C(F)(F)F)cc2)(c2ccc(F)c(-c3cncc(C#N)c3)c2)N=C1N. The maximum atomic E-state index is 14.8. The van der Waals surface area contributed by atoms with Crippen molar-refractivity contribution in [1.29, 1.82) is 5.26 Å². The first-order valence-electron chi connectivity index (χ1n) is 10.2. The Balaban J connectivity index is 1.86. The van der Waals surface area contributed by atoms with E-state index in [1.165, 1.54) is 37.6 Å². The van der Waals surface area contributed by atoms with Gasteiger partial charge in [-0.2, -0.15) is 26.9 Å². The number of halogens is 4. The van der Waals surface area contributed by atoms with E-state index in [2.05, 4.69) is 14.2 Å². The summed E-state index contributed by atoms with van der Waals surface area (Å²) in [6.07, 6.45) is 2.61. The molecule has 0 radical (unpaired) electrons. The van der Waals surface area contributed by atoms with Crippen LogP contribution in [0.2, 0.25) is 0 Å². The first kappa shape index (κ1) is 25.6. The molecule has 0 saturated carbocycles. The van der Waals surface area contributed by atoms with Crippen molar-refractivity contribution in [3.05, 3.63) is 83.4 Å². The average Bonchev–Trinajstić information content (AvgIpc) is 3.08. The number of nitrogens with zero attached hydrogens (tertiary/aromatic N) is 4. The molecular weight excluding hydrogens is 518 g/mol. The zero-order valence-corrected chi connectivity index (χ0v) is 19.5. The number of alkyl halides is 3. The fourth-order valence-electron chi connectivity index (χ4n) is 3.73. The molecule has 2 aromatic carbocycles. The van der Waals surface area contributed by atoms with E-state index >= 15 is 0 Å². The highest BCUT2D eigenvalue weighted by Crippen LogP contribution is 2.41. The molecule has 0 saturated heterocycles. The molecule has 1 atom stereocenters. The summed E-state index contributed by atoms with van der Waals surface area (Å²) >= 11 is 0. The van der Waals surface area contributed by atoms with Crippen LogP contribution in [0.1, 0.15) is 16.7 Å². The first-order chi connectivity index (χ1) is 17.3. The van der Waals surface area contributed by atoms with Crippen molar-refractivity contribution in [2.45, 2.75) is 11.0 Å². The van der Waals surface area contributed by atoms with Crippen LogP contribution in [0.15, 0.2) is 65.9 Å². The van der Waals surface area contributed by atoms with Crippen LogP contribution in [0.25, 0.3) is 11.1 Å². The van der Waals surface area contributed by atoms with Crippen molar-refractivity contribution >= 4 is 22.0 Å².